The second-order valence-corrected chi connectivity index (χ2v) is 16.3. The summed E-state index contributed by atoms with van der Waals surface area (Å²) in [5.41, 5.74) is 6.51. The number of aromatic amines is 2. The Morgan fingerprint density at radius 1 is 0.667 bits per heavy atom. The van der Waals surface area contributed by atoms with Crippen molar-refractivity contribution in [1.82, 2.24) is 24.8 Å². The Bertz CT molecular complexity index is 2600. The Hall–Kier alpha value is -7.35. The number of nitrogens with zero attached hydrogens (tertiary/aromatic N) is 3. The summed E-state index contributed by atoms with van der Waals surface area (Å²) < 4.78 is 16.9. The number of methoxy groups -OCH3 is 2. The maximum Gasteiger partial charge on any atom is 0.227 e. The first-order valence-electron chi connectivity index (χ1n) is 21.3. The smallest absolute Gasteiger partial charge is 0.227 e. The van der Waals surface area contributed by atoms with Crippen LogP contribution in [-0.4, -0.2) is 87.8 Å². The standard InChI is InChI=1S/C49H49N7O7/c1-61-38-15-17-42-40(25-38)32(27-50-42)21-47(59)55-19-3-5-36(55)23-45(57)53-34-11-7-30(8-12-34)44-29-52-49(63-44)31-9-13-35(14-10-31)54-46(58)24-37-6-4-20-56(37)48(60)22-33-28-51-43-18-16-39(62-2)26-41(33)43/h7-18,25-29,36-37,50-51H,3-6,19-24H2,1-2H3,(H,53,57)(H,54,58)/t36-,37-/m0/s1. The van der Waals surface area contributed by atoms with E-state index in [1.54, 1.807) is 32.5 Å². The topological polar surface area (TPSA) is 175 Å². The molecule has 3 aromatic heterocycles. The minimum atomic E-state index is -0.165. The molecule has 2 aliphatic heterocycles. The average Bonchev–Trinajstić information content (AvgIpc) is 4.16. The molecule has 0 spiro atoms. The Morgan fingerprint density at radius 3 is 1.62 bits per heavy atom. The first-order chi connectivity index (χ1) is 30.7. The summed E-state index contributed by atoms with van der Waals surface area (Å²) in [4.78, 5) is 67.8. The van der Waals surface area contributed by atoms with Crippen molar-refractivity contribution in [3.05, 3.63) is 115 Å². The van der Waals surface area contributed by atoms with Crippen LogP contribution < -0.4 is 20.1 Å². The zero-order valence-electron chi connectivity index (χ0n) is 35.2. The van der Waals surface area contributed by atoms with Crippen LogP contribution >= 0.6 is 0 Å². The summed E-state index contributed by atoms with van der Waals surface area (Å²) in [6, 6.07) is 25.8. The molecule has 14 heteroatoms. The van der Waals surface area contributed by atoms with Gasteiger partial charge in [-0.15, -0.1) is 0 Å². The maximum absolute atomic E-state index is 13.4. The first kappa shape index (κ1) is 41.0. The fraction of sp³-hybridized carbons (Fsp3) is 0.286. The van der Waals surface area contributed by atoms with Gasteiger partial charge in [-0.3, -0.25) is 19.2 Å². The van der Waals surface area contributed by atoms with Gasteiger partial charge < -0.3 is 44.3 Å². The molecule has 4 aromatic carbocycles. The number of carbonyl (C=O) groups excluding carboxylic acids is 4. The summed E-state index contributed by atoms with van der Waals surface area (Å²) in [7, 11) is 3.24. The lowest BCUT2D eigenvalue weighted by Gasteiger charge is -2.24. The summed E-state index contributed by atoms with van der Waals surface area (Å²) in [5.74, 6) is 2.16. The van der Waals surface area contributed by atoms with E-state index in [0.717, 1.165) is 81.2 Å². The van der Waals surface area contributed by atoms with Gasteiger partial charge in [-0.25, -0.2) is 4.98 Å². The highest BCUT2D eigenvalue weighted by Crippen LogP contribution is 2.31. The van der Waals surface area contributed by atoms with E-state index in [-0.39, 0.29) is 61.4 Å². The molecule has 14 nitrogen and oxygen atoms in total. The maximum atomic E-state index is 13.4. The van der Waals surface area contributed by atoms with Crippen molar-refractivity contribution in [3.63, 3.8) is 0 Å². The number of H-pyrrole nitrogens is 2. The van der Waals surface area contributed by atoms with Gasteiger partial charge in [0.15, 0.2) is 5.76 Å². The fourth-order valence-electron chi connectivity index (χ4n) is 8.95. The van der Waals surface area contributed by atoms with Gasteiger partial charge in [-0.2, -0.15) is 0 Å². The van der Waals surface area contributed by atoms with Gasteiger partial charge >= 0.3 is 0 Å². The van der Waals surface area contributed by atoms with E-state index in [1.807, 2.05) is 95.0 Å². The highest BCUT2D eigenvalue weighted by molar-refractivity contribution is 5.94. The molecule has 5 heterocycles. The molecule has 0 aliphatic carbocycles. The molecular weight excluding hydrogens is 799 g/mol. The lowest BCUT2D eigenvalue weighted by Crippen LogP contribution is -2.38. The normalized spacial score (nSPS) is 16.2. The second-order valence-electron chi connectivity index (χ2n) is 16.3. The van der Waals surface area contributed by atoms with Crippen molar-refractivity contribution in [1.29, 1.82) is 0 Å². The van der Waals surface area contributed by atoms with Gasteiger partial charge in [-0.1, -0.05) is 0 Å². The minimum Gasteiger partial charge on any atom is -0.497 e. The zero-order chi connectivity index (χ0) is 43.5. The number of nitrogens with one attached hydrogen (secondary N) is 4. The van der Waals surface area contributed by atoms with E-state index in [4.69, 9.17) is 13.9 Å². The SMILES string of the molecule is COc1ccc2[nH]cc(CC(=O)N3CCC[C@H]3CC(=O)Nc3ccc(-c4cnc(-c5ccc(NC(=O)C[C@@H]6CCCN6C(=O)Cc6c[nH]c7ccc(OC)cc67)cc5)o4)cc3)c2c1. The third-order valence-electron chi connectivity index (χ3n) is 12.2. The third kappa shape index (κ3) is 9.01. The van der Waals surface area contributed by atoms with Crippen LogP contribution in [0.1, 0.15) is 49.7 Å². The number of likely N-dealkylation sites (tertiary alicyclic amines) is 2. The van der Waals surface area contributed by atoms with Gasteiger partial charge in [0.05, 0.1) is 33.3 Å². The summed E-state index contributed by atoms with van der Waals surface area (Å²) >= 11 is 0. The van der Waals surface area contributed by atoms with Crippen LogP contribution in [0.25, 0.3) is 44.6 Å². The first-order valence-corrected chi connectivity index (χ1v) is 21.3. The summed E-state index contributed by atoms with van der Waals surface area (Å²) in [5, 5.41) is 7.88. The lowest BCUT2D eigenvalue weighted by atomic mass is 10.1. The minimum absolute atomic E-state index is 0.00393. The van der Waals surface area contributed by atoms with E-state index in [2.05, 4.69) is 25.6 Å². The number of benzene rings is 4. The predicted octanol–water partition coefficient (Wildman–Crippen LogP) is 8.11. The highest BCUT2D eigenvalue weighted by Gasteiger charge is 2.32. The van der Waals surface area contributed by atoms with Crippen LogP contribution in [0.3, 0.4) is 0 Å². The van der Waals surface area contributed by atoms with Gasteiger partial charge in [0.2, 0.25) is 29.5 Å². The number of fused-ring (bicyclic) bond motifs is 2. The van der Waals surface area contributed by atoms with E-state index >= 15 is 0 Å². The number of carbonyl (C=O) groups is 4. The molecule has 322 valence electrons. The molecule has 0 saturated carbocycles. The quantitative estimate of drug-likeness (QED) is 0.0849. The van der Waals surface area contributed by atoms with Gasteiger partial charge in [0.1, 0.15) is 11.5 Å². The van der Waals surface area contributed by atoms with Crippen molar-refractivity contribution in [2.75, 3.05) is 37.9 Å². The molecule has 0 bridgehead atoms. The number of hydrogen-bond donors (Lipinski definition) is 4. The van der Waals surface area contributed by atoms with E-state index in [0.29, 0.717) is 36.1 Å². The molecule has 9 rings (SSSR count). The second kappa shape index (κ2) is 17.9. The Balaban J connectivity index is 0.749. The molecule has 0 radical (unpaired) electrons. The van der Waals surface area contributed by atoms with Crippen LogP contribution in [-0.2, 0) is 32.0 Å². The number of rotatable bonds is 14. The number of anilines is 2. The number of hydrogen-bond acceptors (Lipinski definition) is 8. The summed E-state index contributed by atoms with van der Waals surface area (Å²) in [6.07, 6.45) is 9.58. The molecule has 4 N–H and O–H groups in total. The van der Waals surface area contributed by atoms with Gasteiger partial charge in [0, 0.05) is 94.7 Å². The number of amides is 4. The largest absolute Gasteiger partial charge is 0.497 e. The van der Waals surface area contributed by atoms with Crippen molar-refractivity contribution in [2.24, 2.45) is 0 Å². The number of oxazole rings is 1. The molecule has 2 saturated heterocycles. The predicted molar refractivity (Wildman–Crippen MR) is 240 cm³/mol. The number of ether oxygens (including phenoxy) is 2. The molecule has 4 amide bonds. The van der Waals surface area contributed by atoms with Crippen molar-refractivity contribution >= 4 is 56.8 Å². The van der Waals surface area contributed by atoms with Crippen molar-refractivity contribution in [3.8, 4) is 34.3 Å². The van der Waals surface area contributed by atoms with Crippen LogP contribution in [0.15, 0.2) is 108 Å². The average molecular weight is 848 g/mol. The third-order valence-corrected chi connectivity index (χ3v) is 12.2. The van der Waals surface area contributed by atoms with Crippen LogP contribution in [0, 0.1) is 0 Å². The van der Waals surface area contributed by atoms with E-state index in [1.165, 1.54) is 0 Å². The van der Waals surface area contributed by atoms with Crippen molar-refractivity contribution < 1.29 is 33.1 Å². The van der Waals surface area contributed by atoms with Crippen LogP contribution in [0.4, 0.5) is 11.4 Å². The number of aromatic nitrogens is 3. The van der Waals surface area contributed by atoms with Crippen LogP contribution in [0.2, 0.25) is 0 Å². The molecule has 2 fully saturated rings. The zero-order valence-corrected chi connectivity index (χ0v) is 35.2. The fourth-order valence-corrected chi connectivity index (χ4v) is 8.95. The Morgan fingerprint density at radius 2 is 1.14 bits per heavy atom. The lowest BCUT2D eigenvalue weighted by molar-refractivity contribution is -0.133. The van der Waals surface area contributed by atoms with Gasteiger partial charge in [-0.05, 0) is 122 Å². The van der Waals surface area contributed by atoms with Crippen LogP contribution in [0.5, 0.6) is 11.5 Å². The van der Waals surface area contributed by atoms with E-state index < -0.39 is 0 Å². The monoisotopic (exact) mass is 847 g/mol. The molecule has 2 aliphatic rings. The molecule has 0 unspecified atom stereocenters. The molecule has 7 aromatic rings. The molecular formula is C49H49N7O7. The van der Waals surface area contributed by atoms with Crippen molar-refractivity contribution in [2.45, 2.75) is 63.5 Å². The van der Waals surface area contributed by atoms with E-state index in [9.17, 15) is 19.2 Å². The summed E-state index contributed by atoms with van der Waals surface area (Å²) in [6.45, 7) is 1.26. The Labute approximate surface area is 364 Å². The molecule has 63 heavy (non-hydrogen) atoms. The highest BCUT2D eigenvalue weighted by atomic mass is 16.5. The Kier molecular flexibility index (Phi) is 11.7. The van der Waals surface area contributed by atoms with Gasteiger partial charge in [0.25, 0.3) is 0 Å². The molecule has 2 atom stereocenters.